The predicted molar refractivity (Wildman–Crippen MR) is 109 cm³/mol. The van der Waals surface area contributed by atoms with Gasteiger partial charge in [0.15, 0.2) is 5.16 Å². The number of carbonyl (C=O) groups is 1. The first-order chi connectivity index (χ1) is 13.0. The Hall–Kier alpha value is -2.09. The molecule has 140 valence electrons. The molecule has 9 heteroatoms. The van der Waals surface area contributed by atoms with Crippen molar-refractivity contribution in [2.24, 2.45) is 0 Å². The molecule has 0 fully saturated rings. The van der Waals surface area contributed by atoms with Crippen LogP contribution in [0.5, 0.6) is 0 Å². The summed E-state index contributed by atoms with van der Waals surface area (Å²) < 4.78 is 2.01. The second kappa shape index (κ2) is 9.21. The summed E-state index contributed by atoms with van der Waals surface area (Å²) in [5.74, 6) is 1.36. The fourth-order valence-corrected chi connectivity index (χ4v) is 3.48. The Balaban J connectivity index is 1.61. The van der Waals surface area contributed by atoms with Crippen molar-refractivity contribution in [1.82, 2.24) is 19.7 Å². The Morgan fingerprint density at radius 1 is 1.11 bits per heavy atom. The van der Waals surface area contributed by atoms with E-state index in [9.17, 15) is 4.79 Å². The second-order valence-electron chi connectivity index (χ2n) is 5.64. The van der Waals surface area contributed by atoms with Crippen LogP contribution in [0.4, 0.5) is 5.82 Å². The number of halogens is 2. The zero-order valence-corrected chi connectivity index (χ0v) is 16.9. The summed E-state index contributed by atoms with van der Waals surface area (Å²) in [6, 6.07) is 11.0. The summed E-state index contributed by atoms with van der Waals surface area (Å²) in [5.41, 5.74) is 1.10. The van der Waals surface area contributed by atoms with E-state index in [0.29, 0.717) is 27.4 Å². The van der Waals surface area contributed by atoms with E-state index in [-0.39, 0.29) is 11.7 Å². The van der Waals surface area contributed by atoms with E-state index in [4.69, 9.17) is 23.2 Å². The third-order valence-corrected chi connectivity index (χ3v) is 5.15. The molecular formula is C18H17Cl2N5OS. The normalized spacial score (nSPS) is 10.8. The highest BCUT2D eigenvalue weighted by molar-refractivity contribution is 7.99. The van der Waals surface area contributed by atoms with Crippen LogP contribution >= 0.6 is 35.0 Å². The molecule has 1 aromatic carbocycles. The lowest BCUT2D eigenvalue weighted by Crippen LogP contribution is -2.15. The van der Waals surface area contributed by atoms with E-state index in [1.165, 1.54) is 18.0 Å². The topological polar surface area (TPSA) is 72.7 Å². The molecule has 0 unspecified atom stereocenters. The monoisotopic (exact) mass is 421 g/mol. The number of pyridine rings is 1. The second-order valence-corrected chi connectivity index (χ2v) is 7.46. The maximum absolute atomic E-state index is 12.1. The number of hydrogen-bond acceptors (Lipinski definition) is 5. The van der Waals surface area contributed by atoms with Gasteiger partial charge in [-0.2, -0.15) is 0 Å². The molecule has 1 amide bonds. The van der Waals surface area contributed by atoms with Crippen molar-refractivity contribution >= 4 is 46.7 Å². The van der Waals surface area contributed by atoms with Crippen molar-refractivity contribution < 1.29 is 4.79 Å². The molecule has 0 aliphatic rings. The maximum atomic E-state index is 12.1. The van der Waals surface area contributed by atoms with Crippen molar-refractivity contribution in [3.8, 4) is 0 Å². The summed E-state index contributed by atoms with van der Waals surface area (Å²) in [6.45, 7) is 2.75. The average molecular weight is 422 g/mol. The van der Waals surface area contributed by atoms with Gasteiger partial charge in [-0.3, -0.25) is 4.79 Å². The van der Waals surface area contributed by atoms with E-state index < -0.39 is 0 Å². The Morgan fingerprint density at radius 3 is 2.52 bits per heavy atom. The number of amides is 1. The first-order valence-electron chi connectivity index (χ1n) is 8.26. The van der Waals surface area contributed by atoms with Crippen molar-refractivity contribution in [3.63, 3.8) is 0 Å². The van der Waals surface area contributed by atoms with E-state index in [0.717, 1.165) is 17.9 Å². The number of anilines is 1. The Bertz CT molecular complexity index is 913. The van der Waals surface area contributed by atoms with Crippen molar-refractivity contribution in [2.45, 2.75) is 25.0 Å². The molecular weight excluding hydrogens is 405 g/mol. The molecule has 0 saturated carbocycles. The number of nitrogens with one attached hydrogen (secondary N) is 1. The van der Waals surface area contributed by atoms with Gasteiger partial charge in [-0.25, -0.2) is 4.98 Å². The fourth-order valence-electron chi connectivity index (χ4n) is 2.42. The third kappa shape index (κ3) is 5.45. The molecule has 2 heterocycles. The van der Waals surface area contributed by atoms with Gasteiger partial charge in [0.05, 0.1) is 10.8 Å². The minimum atomic E-state index is -0.167. The van der Waals surface area contributed by atoms with E-state index >= 15 is 0 Å². The Labute approximate surface area is 171 Å². The highest BCUT2D eigenvalue weighted by Crippen LogP contribution is 2.20. The lowest BCUT2D eigenvalue weighted by Gasteiger charge is -2.08. The molecule has 3 aromatic rings. The highest BCUT2D eigenvalue weighted by Gasteiger charge is 2.14. The van der Waals surface area contributed by atoms with Crippen molar-refractivity contribution in [3.05, 3.63) is 64.0 Å². The predicted octanol–water partition coefficient (Wildman–Crippen LogP) is 4.32. The van der Waals surface area contributed by atoms with Gasteiger partial charge in [0.1, 0.15) is 11.6 Å². The van der Waals surface area contributed by atoms with Gasteiger partial charge < -0.3 is 9.88 Å². The molecule has 27 heavy (non-hydrogen) atoms. The number of carbonyl (C=O) groups excluding carboxylic acids is 1. The molecule has 0 bridgehead atoms. The molecule has 1 N–H and O–H groups in total. The van der Waals surface area contributed by atoms with Crippen LogP contribution in [-0.4, -0.2) is 31.4 Å². The summed E-state index contributed by atoms with van der Waals surface area (Å²) in [4.78, 5) is 16.2. The quantitative estimate of drug-likeness (QED) is 0.574. The van der Waals surface area contributed by atoms with E-state index in [1.54, 1.807) is 12.1 Å². The van der Waals surface area contributed by atoms with Crippen molar-refractivity contribution in [1.29, 1.82) is 0 Å². The lowest BCUT2D eigenvalue weighted by atomic mass is 10.1. The van der Waals surface area contributed by atoms with Gasteiger partial charge >= 0.3 is 0 Å². The van der Waals surface area contributed by atoms with Crippen LogP contribution in [-0.2, 0) is 17.8 Å². The number of hydrogen-bond donors (Lipinski definition) is 1. The standard InChI is InChI=1S/C18H17Cl2N5OS/c1-2-25-16(9-12-3-5-13(19)6-4-12)23-24-18(25)27-11-17(26)22-15-8-7-14(20)10-21-15/h3-8,10H,2,9,11H2,1H3,(H,21,22,26). The van der Waals surface area contributed by atoms with Gasteiger partial charge in [-0.05, 0) is 36.8 Å². The molecule has 6 nitrogen and oxygen atoms in total. The van der Waals surface area contributed by atoms with Crippen LogP contribution in [0.1, 0.15) is 18.3 Å². The molecule has 0 aliphatic heterocycles. The number of nitrogens with zero attached hydrogens (tertiary/aromatic N) is 4. The zero-order chi connectivity index (χ0) is 19.2. The van der Waals surface area contributed by atoms with Gasteiger partial charge in [-0.15, -0.1) is 10.2 Å². The van der Waals surface area contributed by atoms with Crippen LogP contribution in [0.3, 0.4) is 0 Å². The third-order valence-electron chi connectivity index (χ3n) is 3.71. The molecule has 0 radical (unpaired) electrons. The SMILES string of the molecule is CCn1c(Cc2ccc(Cl)cc2)nnc1SCC(=O)Nc1ccc(Cl)cn1. The van der Waals surface area contributed by atoms with Crippen molar-refractivity contribution in [2.75, 3.05) is 11.1 Å². The van der Waals surface area contributed by atoms with E-state index in [2.05, 4.69) is 20.5 Å². The van der Waals surface area contributed by atoms with Crippen LogP contribution in [0.25, 0.3) is 0 Å². The van der Waals surface area contributed by atoms with Gasteiger partial charge in [0.25, 0.3) is 0 Å². The minimum Gasteiger partial charge on any atom is -0.310 e. The van der Waals surface area contributed by atoms with Gasteiger partial charge in [0.2, 0.25) is 5.91 Å². The first-order valence-corrected chi connectivity index (χ1v) is 10.00. The van der Waals surface area contributed by atoms with Gasteiger partial charge in [-0.1, -0.05) is 47.1 Å². The average Bonchev–Trinajstić information content (AvgIpc) is 3.05. The minimum absolute atomic E-state index is 0.167. The molecule has 0 atom stereocenters. The number of benzene rings is 1. The van der Waals surface area contributed by atoms with E-state index in [1.807, 2.05) is 35.8 Å². The first kappa shape index (κ1) is 19.7. The number of rotatable bonds is 7. The summed E-state index contributed by atoms with van der Waals surface area (Å²) in [7, 11) is 0. The maximum Gasteiger partial charge on any atom is 0.236 e. The molecule has 0 spiro atoms. The van der Waals surface area contributed by atoms with Gasteiger partial charge in [0, 0.05) is 24.2 Å². The molecule has 3 rings (SSSR count). The fraction of sp³-hybridized carbons (Fsp3) is 0.222. The van der Waals surface area contributed by atoms with Crippen LogP contribution in [0, 0.1) is 0 Å². The Morgan fingerprint density at radius 2 is 1.85 bits per heavy atom. The summed E-state index contributed by atoms with van der Waals surface area (Å²) >= 11 is 13.1. The summed E-state index contributed by atoms with van der Waals surface area (Å²) in [6.07, 6.45) is 2.14. The smallest absolute Gasteiger partial charge is 0.236 e. The summed E-state index contributed by atoms with van der Waals surface area (Å²) in [5, 5.41) is 13.2. The van der Waals surface area contributed by atoms with Crippen LogP contribution in [0.15, 0.2) is 47.8 Å². The molecule has 0 saturated heterocycles. The van der Waals surface area contributed by atoms with Crippen LogP contribution < -0.4 is 5.32 Å². The lowest BCUT2D eigenvalue weighted by molar-refractivity contribution is -0.113. The number of aromatic nitrogens is 4. The zero-order valence-electron chi connectivity index (χ0n) is 14.5. The molecule has 0 aliphatic carbocycles. The van der Waals surface area contributed by atoms with Crippen LogP contribution in [0.2, 0.25) is 10.0 Å². The molecule has 2 aromatic heterocycles. The number of thioether (sulfide) groups is 1. The Kier molecular flexibility index (Phi) is 6.71. The highest BCUT2D eigenvalue weighted by atomic mass is 35.5. The largest absolute Gasteiger partial charge is 0.310 e.